The molecule has 0 bridgehead atoms. The van der Waals surface area contributed by atoms with Crippen molar-refractivity contribution in [3.63, 3.8) is 0 Å². The van der Waals surface area contributed by atoms with Crippen molar-refractivity contribution in [1.29, 1.82) is 5.26 Å². The first-order valence-electron chi connectivity index (χ1n) is 6.28. The summed E-state index contributed by atoms with van der Waals surface area (Å²) in [6.07, 6.45) is 0. The van der Waals surface area contributed by atoms with Crippen molar-refractivity contribution < 1.29 is 0 Å². The summed E-state index contributed by atoms with van der Waals surface area (Å²) in [4.78, 5) is 3.50. The van der Waals surface area contributed by atoms with Crippen LogP contribution in [0.4, 0.5) is 5.69 Å². The van der Waals surface area contributed by atoms with Crippen LogP contribution in [0.2, 0.25) is 0 Å². The molecule has 1 aromatic carbocycles. The predicted octanol–water partition coefficient (Wildman–Crippen LogP) is 3.61. The highest BCUT2D eigenvalue weighted by Gasteiger charge is 2.22. The average Bonchev–Trinajstić information content (AvgIpc) is 2.39. The number of anilines is 1. The van der Waals surface area contributed by atoms with Crippen LogP contribution in [0.25, 0.3) is 0 Å². The Morgan fingerprint density at radius 2 is 2.39 bits per heavy atom. The van der Waals surface area contributed by atoms with E-state index in [0.717, 1.165) is 39.9 Å². The van der Waals surface area contributed by atoms with Gasteiger partial charge in [-0.3, -0.25) is 0 Å². The second kappa shape index (κ2) is 6.40. The lowest BCUT2D eigenvalue weighted by atomic mass is 10.1. The maximum absolute atomic E-state index is 9.45. The molecule has 1 aliphatic heterocycles. The molecule has 1 fully saturated rings. The predicted molar refractivity (Wildman–Crippen MR) is 81.7 cm³/mol. The van der Waals surface area contributed by atoms with Crippen LogP contribution in [0, 0.1) is 11.3 Å². The zero-order valence-corrected chi connectivity index (χ0v) is 12.5. The lowest BCUT2D eigenvalue weighted by molar-refractivity contribution is 0.698. The summed E-state index contributed by atoms with van der Waals surface area (Å²) in [5, 5.41) is 9.45. The van der Waals surface area contributed by atoms with Gasteiger partial charge in [0.25, 0.3) is 0 Å². The van der Waals surface area contributed by atoms with Crippen LogP contribution in [0.5, 0.6) is 0 Å². The maximum atomic E-state index is 9.45. The van der Waals surface area contributed by atoms with E-state index in [9.17, 15) is 5.26 Å². The van der Waals surface area contributed by atoms with Crippen molar-refractivity contribution in [2.75, 3.05) is 28.7 Å². The number of thioether (sulfide) groups is 2. The Morgan fingerprint density at radius 3 is 3.06 bits per heavy atom. The molecule has 18 heavy (non-hydrogen) atoms. The monoisotopic (exact) mass is 278 g/mol. The molecule has 2 rings (SSSR count). The van der Waals surface area contributed by atoms with Crippen molar-refractivity contribution in [1.82, 2.24) is 0 Å². The number of nitriles is 1. The molecule has 96 valence electrons. The Balaban J connectivity index is 2.37. The lowest BCUT2D eigenvalue weighted by Crippen LogP contribution is -2.40. The summed E-state index contributed by atoms with van der Waals surface area (Å²) < 4.78 is 0. The van der Waals surface area contributed by atoms with Gasteiger partial charge in [0.2, 0.25) is 0 Å². The van der Waals surface area contributed by atoms with Crippen molar-refractivity contribution in [3.05, 3.63) is 23.8 Å². The van der Waals surface area contributed by atoms with Gasteiger partial charge in [0, 0.05) is 29.0 Å². The molecule has 0 aliphatic carbocycles. The van der Waals surface area contributed by atoms with E-state index >= 15 is 0 Å². The Bertz CT molecular complexity index is 454. The summed E-state index contributed by atoms with van der Waals surface area (Å²) in [6, 6.07) is 9.12. The van der Waals surface area contributed by atoms with Crippen LogP contribution >= 0.6 is 23.5 Å². The Hall–Kier alpha value is -0.790. The van der Waals surface area contributed by atoms with Gasteiger partial charge in [-0.05, 0) is 24.8 Å². The third kappa shape index (κ3) is 2.78. The van der Waals surface area contributed by atoms with Crippen LogP contribution < -0.4 is 4.90 Å². The molecule has 0 N–H and O–H groups in total. The molecule has 1 aliphatic rings. The first-order chi connectivity index (χ1) is 8.77. The first kappa shape index (κ1) is 13.6. The standard InChI is InChI=1S/C14H18N2S2/c1-3-18-14-6-4-5-13(12(14)9-15)16-7-8-17-10-11(16)2/h4-6,11H,3,7-8,10H2,1-2H3. The SMILES string of the molecule is CCSc1cccc(N2CCSCC2C)c1C#N. The first-order valence-corrected chi connectivity index (χ1v) is 8.42. The van der Waals surface area contributed by atoms with Crippen molar-refractivity contribution in [2.24, 2.45) is 0 Å². The summed E-state index contributed by atoms with van der Waals surface area (Å²) >= 11 is 3.75. The maximum Gasteiger partial charge on any atom is 0.103 e. The van der Waals surface area contributed by atoms with E-state index in [0.29, 0.717) is 6.04 Å². The Kier molecular flexibility index (Phi) is 4.85. The van der Waals surface area contributed by atoms with Crippen LogP contribution in [-0.4, -0.2) is 29.8 Å². The number of rotatable bonds is 3. The van der Waals surface area contributed by atoms with Gasteiger partial charge in [0.15, 0.2) is 0 Å². The molecule has 0 aromatic heterocycles. The zero-order chi connectivity index (χ0) is 13.0. The van der Waals surface area contributed by atoms with Crippen molar-refractivity contribution in [2.45, 2.75) is 24.8 Å². The highest BCUT2D eigenvalue weighted by atomic mass is 32.2. The average molecular weight is 278 g/mol. The fourth-order valence-corrected chi connectivity index (χ4v) is 4.03. The molecule has 1 atom stereocenters. The summed E-state index contributed by atoms with van der Waals surface area (Å²) in [7, 11) is 0. The van der Waals surface area contributed by atoms with Gasteiger partial charge in [0.05, 0.1) is 11.3 Å². The van der Waals surface area contributed by atoms with E-state index in [2.05, 4.69) is 43.0 Å². The molecule has 0 saturated carbocycles. The second-order valence-corrected chi connectivity index (χ2v) is 6.77. The van der Waals surface area contributed by atoms with Crippen LogP contribution in [0.15, 0.2) is 23.1 Å². The van der Waals surface area contributed by atoms with Gasteiger partial charge in [0.1, 0.15) is 6.07 Å². The van der Waals surface area contributed by atoms with Crippen LogP contribution in [0.1, 0.15) is 19.4 Å². The third-order valence-electron chi connectivity index (χ3n) is 3.09. The molecule has 4 heteroatoms. The minimum absolute atomic E-state index is 0.512. The van der Waals surface area contributed by atoms with Crippen LogP contribution in [0.3, 0.4) is 0 Å². The molecule has 0 radical (unpaired) electrons. The normalized spacial score (nSPS) is 19.6. The fourth-order valence-electron chi connectivity index (χ4n) is 2.23. The highest BCUT2D eigenvalue weighted by molar-refractivity contribution is 7.99. The molecule has 1 unspecified atom stereocenters. The Labute approximate surface area is 118 Å². The minimum atomic E-state index is 0.512. The Morgan fingerprint density at radius 1 is 1.56 bits per heavy atom. The molecule has 0 amide bonds. The number of hydrogen-bond donors (Lipinski definition) is 0. The van der Waals surface area contributed by atoms with Gasteiger partial charge in [-0.25, -0.2) is 0 Å². The highest BCUT2D eigenvalue weighted by Crippen LogP contribution is 2.33. The lowest BCUT2D eigenvalue weighted by Gasteiger charge is -2.35. The topological polar surface area (TPSA) is 27.0 Å². The van der Waals surface area contributed by atoms with Gasteiger partial charge in [-0.15, -0.1) is 11.8 Å². The number of hydrogen-bond acceptors (Lipinski definition) is 4. The summed E-state index contributed by atoms with van der Waals surface area (Å²) in [6.45, 7) is 5.41. The largest absolute Gasteiger partial charge is 0.366 e. The van der Waals surface area contributed by atoms with E-state index in [-0.39, 0.29) is 0 Å². The molecule has 0 spiro atoms. The fraction of sp³-hybridized carbons (Fsp3) is 0.500. The molecular weight excluding hydrogens is 260 g/mol. The van der Waals surface area contributed by atoms with Crippen molar-refractivity contribution >= 4 is 29.2 Å². The molecule has 1 saturated heterocycles. The molecular formula is C14H18N2S2. The summed E-state index contributed by atoms with van der Waals surface area (Å²) in [5.74, 6) is 3.31. The molecule has 1 heterocycles. The minimum Gasteiger partial charge on any atom is -0.366 e. The van der Waals surface area contributed by atoms with E-state index in [1.165, 1.54) is 0 Å². The van der Waals surface area contributed by atoms with Gasteiger partial charge < -0.3 is 4.90 Å². The van der Waals surface area contributed by atoms with E-state index in [4.69, 9.17) is 0 Å². The summed E-state index contributed by atoms with van der Waals surface area (Å²) in [5.41, 5.74) is 1.96. The molecule has 1 aromatic rings. The van der Waals surface area contributed by atoms with Gasteiger partial charge in [-0.1, -0.05) is 13.0 Å². The number of nitrogens with zero attached hydrogens (tertiary/aromatic N) is 2. The zero-order valence-electron chi connectivity index (χ0n) is 10.8. The third-order valence-corrected chi connectivity index (χ3v) is 5.22. The van der Waals surface area contributed by atoms with Gasteiger partial charge in [-0.2, -0.15) is 17.0 Å². The quantitative estimate of drug-likeness (QED) is 0.789. The smallest absolute Gasteiger partial charge is 0.103 e. The van der Waals surface area contributed by atoms with Crippen LogP contribution in [-0.2, 0) is 0 Å². The second-order valence-electron chi connectivity index (χ2n) is 4.31. The van der Waals surface area contributed by atoms with Crippen molar-refractivity contribution in [3.8, 4) is 6.07 Å². The van der Waals surface area contributed by atoms with E-state index < -0.39 is 0 Å². The van der Waals surface area contributed by atoms with Gasteiger partial charge >= 0.3 is 0 Å². The van der Waals surface area contributed by atoms with E-state index in [1.807, 2.05) is 11.8 Å². The van der Waals surface area contributed by atoms with E-state index in [1.54, 1.807) is 11.8 Å². The number of benzene rings is 1. The molecule has 2 nitrogen and oxygen atoms in total.